The molecule has 2 fully saturated rings. The molecule has 2 aliphatic rings. The zero-order valence-electron chi connectivity index (χ0n) is 13.0. The largest absolute Gasteiger partial charge is 0.478 e. The van der Waals surface area contributed by atoms with Gasteiger partial charge in [-0.05, 0) is 31.6 Å². The van der Waals surface area contributed by atoms with E-state index in [1.54, 1.807) is 6.08 Å². The fourth-order valence-electron chi connectivity index (χ4n) is 3.60. The van der Waals surface area contributed by atoms with E-state index in [1.807, 2.05) is 0 Å². The molecule has 120 valence electrons. The zero-order chi connectivity index (χ0) is 15.1. The normalized spacial score (nSPS) is 31.3. The van der Waals surface area contributed by atoms with E-state index in [1.165, 1.54) is 25.3 Å². The molecule has 4 nitrogen and oxygen atoms in total. The summed E-state index contributed by atoms with van der Waals surface area (Å²) in [7, 11) is 0. The summed E-state index contributed by atoms with van der Waals surface area (Å²) in [5, 5.41) is 8.69. The van der Waals surface area contributed by atoms with Gasteiger partial charge in [0.1, 0.15) is 0 Å². The molecular formula is C17H28O4. The van der Waals surface area contributed by atoms with Crippen LogP contribution < -0.4 is 0 Å². The molecule has 0 radical (unpaired) electrons. The Bertz CT molecular complexity index is 353. The Kier molecular flexibility index (Phi) is 6.71. The maximum absolute atomic E-state index is 10.6. The number of fused-ring (bicyclic) bond motifs is 2. The van der Waals surface area contributed by atoms with E-state index in [0.29, 0.717) is 24.0 Å². The third-order valence-electron chi connectivity index (χ3n) is 4.71. The average Bonchev–Trinajstić information content (AvgIpc) is 3.04. The lowest BCUT2D eigenvalue weighted by Crippen LogP contribution is -2.30. The van der Waals surface area contributed by atoms with Gasteiger partial charge in [-0.15, -0.1) is 0 Å². The lowest BCUT2D eigenvalue weighted by atomic mass is 9.78. The van der Waals surface area contributed by atoms with Gasteiger partial charge < -0.3 is 14.6 Å². The van der Waals surface area contributed by atoms with Crippen LogP contribution in [-0.4, -0.2) is 36.5 Å². The summed E-state index contributed by atoms with van der Waals surface area (Å²) < 4.78 is 11.8. The smallest absolute Gasteiger partial charge is 0.327 e. The highest BCUT2D eigenvalue weighted by Gasteiger charge is 2.48. The third-order valence-corrected chi connectivity index (χ3v) is 4.71. The Labute approximate surface area is 127 Å². The number of aliphatic carboxylic acids is 1. The molecule has 4 heteroatoms. The van der Waals surface area contributed by atoms with Crippen LogP contribution in [0.1, 0.15) is 51.9 Å². The van der Waals surface area contributed by atoms with Crippen LogP contribution in [-0.2, 0) is 14.3 Å². The highest BCUT2D eigenvalue weighted by atomic mass is 16.5. The monoisotopic (exact) mass is 296 g/mol. The third kappa shape index (κ3) is 4.82. The first-order valence-electron chi connectivity index (χ1n) is 8.35. The van der Waals surface area contributed by atoms with Crippen molar-refractivity contribution in [3.05, 3.63) is 12.2 Å². The Balaban J connectivity index is 1.72. The van der Waals surface area contributed by atoms with E-state index < -0.39 is 5.97 Å². The molecule has 0 aliphatic carbocycles. The van der Waals surface area contributed by atoms with Crippen molar-refractivity contribution in [3.8, 4) is 0 Å². The standard InChI is InChI=1S/C17H28O4/c1-2-3-4-5-11-20-12-14-13(7-6-8-17(18)19)15-9-10-16(14)21-15/h6,8,13-16H,2-5,7,9-12H2,1H3,(H,18,19)/t13-,14+,15-,16+/m0/s1. The number of rotatable bonds is 10. The molecule has 0 aromatic heterocycles. The Morgan fingerprint density at radius 1 is 1.24 bits per heavy atom. The SMILES string of the molecule is CCCCCCOC[C@@H]1[C@H](CC=CC(=O)O)[C@@H]2CC[C@H]1O2. The quantitative estimate of drug-likeness (QED) is 0.496. The topological polar surface area (TPSA) is 55.8 Å². The summed E-state index contributed by atoms with van der Waals surface area (Å²) in [6, 6.07) is 0. The zero-order valence-corrected chi connectivity index (χ0v) is 13.0. The van der Waals surface area contributed by atoms with Crippen LogP contribution in [0, 0.1) is 11.8 Å². The van der Waals surface area contributed by atoms with Crippen LogP contribution in [0.15, 0.2) is 12.2 Å². The number of carboxylic acid groups (broad SMARTS) is 1. The summed E-state index contributed by atoms with van der Waals surface area (Å²) in [5.74, 6) is -0.00818. The fourth-order valence-corrected chi connectivity index (χ4v) is 3.60. The number of hydrogen-bond acceptors (Lipinski definition) is 3. The van der Waals surface area contributed by atoms with Gasteiger partial charge in [-0.2, -0.15) is 0 Å². The number of carbonyl (C=O) groups is 1. The van der Waals surface area contributed by atoms with E-state index in [0.717, 1.165) is 38.9 Å². The van der Waals surface area contributed by atoms with Crippen LogP contribution in [0.4, 0.5) is 0 Å². The van der Waals surface area contributed by atoms with Gasteiger partial charge in [0.2, 0.25) is 0 Å². The maximum Gasteiger partial charge on any atom is 0.327 e. The van der Waals surface area contributed by atoms with E-state index in [2.05, 4.69) is 6.92 Å². The predicted octanol–water partition coefficient (Wildman–Crippen LogP) is 3.41. The summed E-state index contributed by atoms with van der Waals surface area (Å²) in [4.78, 5) is 10.6. The lowest BCUT2D eigenvalue weighted by Gasteiger charge is -2.27. The first-order valence-corrected chi connectivity index (χ1v) is 8.35. The molecule has 1 N–H and O–H groups in total. The summed E-state index contributed by atoms with van der Waals surface area (Å²) in [6.07, 6.45) is 11.6. The molecule has 2 heterocycles. The molecule has 0 aromatic carbocycles. The minimum absolute atomic E-state index is 0.308. The second-order valence-corrected chi connectivity index (χ2v) is 6.23. The summed E-state index contributed by atoms with van der Waals surface area (Å²) >= 11 is 0. The van der Waals surface area contributed by atoms with E-state index in [9.17, 15) is 4.79 Å². The molecule has 21 heavy (non-hydrogen) atoms. The average molecular weight is 296 g/mol. The van der Waals surface area contributed by atoms with Gasteiger partial charge in [-0.25, -0.2) is 4.79 Å². The Hall–Kier alpha value is -0.870. The van der Waals surface area contributed by atoms with Crippen LogP contribution >= 0.6 is 0 Å². The molecule has 0 aromatic rings. The minimum Gasteiger partial charge on any atom is -0.478 e. The molecule has 2 saturated heterocycles. The number of allylic oxidation sites excluding steroid dienone is 1. The molecular weight excluding hydrogens is 268 g/mol. The van der Waals surface area contributed by atoms with Crippen molar-refractivity contribution in [2.24, 2.45) is 11.8 Å². The van der Waals surface area contributed by atoms with Gasteiger partial charge in [-0.3, -0.25) is 0 Å². The van der Waals surface area contributed by atoms with Crippen molar-refractivity contribution in [3.63, 3.8) is 0 Å². The second kappa shape index (κ2) is 8.54. The lowest BCUT2D eigenvalue weighted by molar-refractivity contribution is -0.131. The van der Waals surface area contributed by atoms with Gasteiger partial charge in [0.25, 0.3) is 0 Å². The second-order valence-electron chi connectivity index (χ2n) is 6.23. The molecule has 0 spiro atoms. The van der Waals surface area contributed by atoms with Crippen LogP contribution in [0.3, 0.4) is 0 Å². The van der Waals surface area contributed by atoms with Gasteiger partial charge in [0.15, 0.2) is 0 Å². The van der Waals surface area contributed by atoms with Gasteiger partial charge in [-0.1, -0.05) is 32.3 Å². The molecule has 2 aliphatic heterocycles. The molecule has 0 unspecified atom stereocenters. The van der Waals surface area contributed by atoms with Gasteiger partial charge in [0, 0.05) is 18.6 Å². The van der Waals surface area contributed by atoms with Crippen molar-refractivity contribution in [2.75, 3.05) is 13.2 Å². The number of hydrogen-bond donors (Lipinski definition) is 1. The maximum atomic E-state index is 10.6. The van der Waals surface area contributed by atoms with Crippen molar-refractivity contribution in [1.82, 2.24) is 0 Å². The number of carboxylic acids is 1. The van der Waals surface area contributed by atoms with Crippen molar-refractivity contribution in [2.45, 2.75) is 64.1 Å². The number of unbranched alkanes of at least 4 members (excludes halogenated alkanes) is 3. The van der Waals surface area contributed by atoms with E-state index >= 15 is 0 Å². The van der Waals surface area contributed by atoms with E-state index in [4.69, 9.17) is 14.6 Å². The molecule has 0 amide bonds. The molecule has 2 rings (SSSR count). The first kappa shape index (κ1) is 16.5. The van der Waals surface area contributed by atoms with Crippen molar-refractivity contribution in [1.29, 1.82) is 0 Å². The van der Waals surface area contributed by atoms with Crippen LogP contribution in [0.25, 0.3) is 0 Å². The van der Waals surface area contributed by atoms with Gasteiger partial charge >= 0.3 is 5.97 Å². The predicted molar refractivity (Wildman–Crippen MR) is 81.2 cm³/mol. The van der Waals surface area contributed by atoms with Crippen molar-refractivity contribution < 1.29 is 19.4 Å². The highest BCUT2D eigenvalue weighted by Crippen LogP contribution is 2.45. The summed E-state index contributed by atoms with van der Waals surface area (Å²) in [6.45, 7) is 3.81. The Morgan fingerprint density at radius 3 is 2.71 bits per heavy atom. The van der Waals surface area contributed by atoms with Crippen molar-refractivity contribution >= 4 is 5.97 Å². The highest BCUT2D eigenvalue weighted by molar-refractivity contribution is 5.79. The van der Waals surface area contributed by atoms with E-state index in [-0.39, 0.29) is 0 Å². The fraction of sp³-hybridized carbons (Fsp3) is 0.824. The Morgan fingerprint density at radius 2 is 2.00 bits per heavy atom. The van der Waals surface area contributed by atoms with Crippen LogP contribution in [0.5, 0.6) is 0 Å². The van der Waals surface area contributed by atoms with Crippen LogP contribution in [0.2, 0.25) is 0 Å². The minimum atomic E-state index is -0.872. The van der Waals surface area contributed by atoms with Gasteiger partial charge in [0.05, 0.1) is 18.8 Å². The molecule has 2 bridgehead atoms. The molecule has 4 atom stereocenters. The first-order chi connectivity index (χ1) is 10.2. The summed E-state index contributed by atoms with van der Waals surface area (Å²) in [5.41, 5.74) is 0. The molecule has 0 saturated carbocycles. The number of ether oxygens (including phenoxy) is 2.